The predicted octanol–water partition coefficient (Wildman–Crippen LogP) is 2.43. The number of rotatable bonds is 6. The van der Waals surface area contributed by atoms with Crippen molar-refractivity contribution in [3.8, 4) is 0 Å². The van der Waals surface area contributed by atoms with Crippen LogP contribution in [0.5, 0.6) is 0 Å². The van der Waals surface area contributed by atoms with E-state index in [1.54, 1.807) is 24.4 Å². The minimum Gasteiger partial charge on any atom is -0.469 e. The summed E-state index contributed by atoms with van der Waals surface area (Å²) in [6.45, 7) is 1.88. The first-order valence-corrected chi connectivity index (χ1v) is 7.36. The molecule has 0 bridgehead atoms. The van der Waals surface area contributed by atoms with E-state index in [0.29, 0.717) is 17.1 Å². The number of nitro groups is 1. The number of esters is 1. The Bertz CT molecular complexity index is 670. The predicted molar refractivity (Wildman–Crippen MR) is 79.2 cm³/mol. The number of imidazole rings is 1. The molecule has 1 unspecified atom stereocenters. The Kier molecular flexibility index (Phi) is 4.79. The number of pyridine rings is 1. The molecule has 2 rings (SSSR count). The van der Waals surface area contributed by atoms with Crippen LogP contribution in [-0.2, 0) is 15.3 Å². The third-order valence-corrected chi connectivity index (χ3v) is 4.11. The van der Waals surface area contributed by atoms with Crippen molar-refractivity contribution in [1.29, 1.82) is 0 Å². The van der Waals surface area contributed by atoms with Gasteiger partial charge in [-0.2, -0.15) is 16.2 Å². The standard InChI is InChI=1S/C13H15N3O4S/c1-9(7-12(17)20-2)21-8-10-13(16(18)19)15-6-4-3-5-11(15)14-10/h3-6,9H,7-8H2,1-2H3. The van der Waals surface area contributed by atoms with Crippen molar-refractivity contribution in [3.63, 3.8) is 0 Å². The fourth-order valence-electron chi connectivity index (χ4n) is 1.92. The number of aromatic nitrogens is 2. The van der Waals surface area contributed by atoms with Crippen molar-refractivity contribution in [2.45, 2.75) is 24.3 Å². The van der Waals surface area contributed by atoms with E-state index in [1.165, 1.54) is 23.3 Å². The second-order valence-electron chi connectivity index (χ2n) is 4.47. The van der Waals surface area contributed by atoms with Gasteiger partial charge in [-0.15, -0.1) is 0 Å². The molecule has 0 aliphatic rings. The molecule has 0 radical (unpaired) electrons. The summed E-state index contributed by atoms with van der Waals surface area (Å²) in [6.07, 6.45) is 1.88. The molecule has 0 saturated heterocycles. The van der Waals surface area contributed by atoms with Gasteiger partial charge in [-0.05, 0) is 11.0 Å². The molecule has 8 heteroatoms. The molecule has 2 heterocycles. The van der Waals surface area contributed by atoms with Crippen LogP contribution in [-0.4, -0.2) is 32.6 Å². The van der Waals surface area contributed by atoms with Crippen molar-refractivity contribution < 1.29 is 14.5 Å². The molecule has 0 fully saturated rings. The zero-order valence-electron chi connectivity index (χ0n) is 11.7. The van der Waals surface area contributed by atoms with Crippen molar-refractivity contribution in [2.75, 3.05) is 7.11 Å². The Labute approximate surface area is 125 Å². The lowest BCUT2D eigenvalue weighted by Crippen LogP contribution is -2.09. The maximum atomic E-state index is 11.2. The van der Waals surface area contributed by atoms with Crippen LogP contribution in [0.1, 0.15) is 19.0 Å². The van der Waals surface area contributed by atoms with Gasteiger partial charge in [-0.3, -0.25) is 4.79 Å². The van der Waals surface area contributed by atoms with Gasteiger partial charge >= 0.3 is 11.8 Å². The van der Waals surface area contributed by atoms with Gasteiger partial charge in [0.2, 0.25) is 5.65 Å². The van der Waals surface area contributed by atoms with Crippen LogP contribution in [0.3, 0.4) is 0 Å². The third-order valence-electron chi connectivity index (χ3n) is 2.93. The maximum absolute atomic E-state index is 11.2. The number of carbonyl (C=O) groups excluding carboxylic acids is 1. The average Bonchev–Trinajstić information content (AvgIpc) is 2.83. The van der Waals surface area contributed by atoms with Gasteiger partial charge in [0, 0.05) is 17.1 Å². The second kappa shape index (κ2) is 6.57. The molecule has 7 nitrogen and oxygen atoms in total. The van der Waals surface area contributed by atoms with Gasteiger partial charge in [0.25, 0.3) is 0 Å². The van der Waals surface area contributed by atoms with Gasteiger partial charge in [0.05, 0.1) is 19.7 Å². The molecule has 0 aliphatic carbocycles. The van der Waals surface area contributed by atoms with E-state index in [1.807, 2.05) is 6.92 Å². The Hall–Kier alpha value is -2.09. The molecule has 0 aliphatic heterocycles. The summed E-state index contributed by atoms with van der Waals surface area (Å²) in [5, 5.41) is 11.2. The van der Waals surface area contributed by atoms with E-state index in [2.05, 4.69) is 9.72 Å². The SMILES string of the molecule is COC(=O)CC(C)SCc1nc2ccccn2c1[N+](=O)[O-]. The number of hydrogen-bond donors (Lipinski definition) is 0. The molecule has 0 saturated carbocycles. The molecule has 0 spiro atoms. The summed E-state index contributed by atoms with van der Waals surface area (Å²) in [5.41, 5.74) is 0.952. The third kappa shape index (κ3) is 3.52. The molecule has 2 aromatic rings. The second-order valence-corrected chi connectivity index (χ2v) is 5.90. The molecule has 0 aromatic carbocycles. The molecular weight excluding hydrogens is 294 g/mol. The molecule has 112 valence electrons. The lowest BCUT2D eigenvalue weighted by atomic mass is 10.3. The molecule has 0 N–H and O–H groups in total. The van der Waals surface area contributed by atoms with Crippen LogP contribution in [0.4, 0.5) is 5.82 Å². The van der Waals surface area contributed by atoms with Crippen LogP contribution in [0.2, 0.25) is 0 Å². The number of ether oxygens (including phenoxy) is 1. The highest BCUT2D eigenvalue weighted by atomic mass is 32.2. The molecule has 21 heavy (non-hydrogen) atoms. The Morgan fingerprint density at radius 2 is 2.33 bits per heavy atom. The zero-order valence-corrected chi connectivity index (χ0v) is 12.5. The van der Waals surface area contributed by atoms with Gasteiger partial charge in [0.1, 0.15) is 5.69 Å². The van der Waals surface area contributed by atoms with E-state index < -0.39 is 4.92 Å². The maximum Gasteiger partial charge on any atom is 0.351 e. The summed E-state index contributed by atoms with van der Waals surface area (Å²) in [6, 6.07) is 5.22. The number of nitrogens with zero attached hydrogens (tertiary/aromatic N) is 3. The van der Waals surface area contributed by atoms with Gasteiger partial charge < -0.3 is 14.9 Å². The smallest absolute Gasteiger partial charge is 0.351 e. The van der Waals surface area contributed by atoms with E-state index in [9.17, 15) is 14.9 Å². The minimum atomic E-state index is -0.430. The van der Waals surface area contributed by atoms with E-state index in [0.717, 1.165) is 0 Å². The summed E-state index contributed by atoms with van der Waals surface area (Å²) < 4.78 is 6.06. The van der Waals surface area contributed by atoms with Crippen molar-refractivity contribution >= 4 is 29.2 Å². The highest BCUT2D eigenvalue weighted by Crippen LogP contribution is 2.27. The minimum absolute atomic E-state index is 0.00173. The molecular formula is C13H15N3O4S. The Morgan fingerprint density at radius 1 is 1.57 bits per heavy atom. The van der Waals surface area contributed by atoms with Crippen LogP contribution in [0.15, 0.2) is 24.4 Å². The fraction of sp³-hybridized carbons (Fsp3) is 0.385. The first-order valence-electron chi connectivity index (χ1n) is 6.31. The highest BCUT2D eigenvalue weighted by molar-refractivity contribution is 7.99. The van der Waals surface area contributed by atoms with Crippen molar-refractivity contribution in [3.05, 3.63) is 40.2 Å². The Morgan fingerprint density at radius 3 is 3.00 bits per heavy atom. The summed E-state index contributed by atoms with van der Waals surface area (Å²) >= 11 is 1.44. The normalized spacial score (nSPS) is 12.3. The number of thioether (sulfide) groups is 1. The summed E-state index contributed by atoms with van der Waals surface area (Å²) in [4.78, 5) is 26.3. The first kappa shape index (κ1) is 15.3. The van der Waals surface area contributed by atoms with Crippen molar-refractivity contribution in [2.24, 2.45) is 0 Å². The fourth-order valence-corrected chi connectivity index (χ4v) is 2.81. The lowest BCUT2D eigenvalue weighted by Gasteiger charge is -2.08. The van der Waals surface area contributed by atoms with E-state index in [-0.39, 0.29) is 23.5 Å². The van der Waals surface area contributed by atoms with Crippen molar-refractivity contribution in [1.82, 2.24) is 9.38 Å². The van der Waals surface area contributed by atoms with Crippen LogP contribution in [0.25, 0.3) is 5.65 Å². The van der Waals surface area contributed by atoms with Crippen LogP contribution >= 0.6 is 11.8 Å². The van der Waals surface area contributed by atoms with E-state index in [4.69, 9.17) is 0 Å². The average molecular weight is 309 g/mol. The number of hydrogen-bond acceptors (Lipinski definition) is 6. The highest BCUT2D eigenvalue weighted by Gasteiger charge is 2.22. The largest absolute Gasteiger partial charge is 0.469 e. The molecule has 1 atom stereocenters. The topological polar surface area (TPSA) is 86.7 Å². The van der Waals surface area contributed by atoms with Gasteiger partial charge in [0.15, 0.2) is 0 Å². The van der Waals surface area contributed by atoms with E-state index >= 15 is 0 Å². The molecule has 0 amide bonds. The Balaban J connectivity index is 2.16. The lowest BCUT2D eigenvalue weighted by molar-refractivity contribution is -0.391. The van der Waals surface area contributed by atoms with Gasteiger partial charge in [-0.25, -0.2) is 4.98 Å². The van der Waals surface area contributed by atoms with Gasteiger partial charge in [-0.1, -0.05) is 13.0 Å². The summed E-state index contributed by atoms with van der Waals surface area (Å²) in [7, 11) is 1.34. The first-order chi connectivity index (χ1) is 10.0. The van der Waals surface area contributed by atoms with Crippen LogP contribution in [0, 0.1) is 10.1 Å². The monoisotopic (exact) mass is 309 g/mol. The number of carbonyl (C=O) groups is 1. The molecule has 2 aromatic heterocycles. The summed E-state index contributed by atoms with van der Waals surface area (Å²) in [5.74, 6) is 0.0544. The zero-order chi connectivity index (χ0) is 15.4. The quantitative estimate of drug-likeness (QED) is 0.463. The number of fused-ring (bicyclic) bond motifs is 1. The number of methoxy groups -OCH3 is 1. The van der Waals surface area contributed by atoms with Crippen LogP contribution < -0.4 is 0 Å².